The van der Waals surface area contributed by atoms with Crippen LogP contribution in [0, 0.1) is 4.91 Å². The summed E-state index contributed by atoms with van der Waals surface area (Å²) in [5.74, 6) is 0.827. The van der Waals surface area contributed by atoms with Gasteiger partial charge in [-0.1, -0.05) is 37.1 Å². The average molecular weight is 301 g/mol. The molecule has 1 aromatic heterocycles. The molecule has 0 amide bonds. The van der Waals surface area contributed by atoms with Crippen LogP contribution in [0.25, 0.3) is 0 Å². The Labute approximate surface area is 131 Å². The summed E-state index contributed by atoms with van der Waals surface area (Å²) in [6.45, 7) is 2.77. The second-order valence-corrected chi connectivity index (χ2v) is 5.36. The number of aromatic nitrogens is 2. The molecule has 1 unspecified atom stereocenters. The average Bonchev–Trinajstić information content (AvgIpc) is 3.07. The standard InChI is InChI=1S/C17H23N3O2/c1-2-3-6-17(20-21)14-7-9-16(10-8-14)22-11-4-5-15-12-18-13-19-15/h7-10,12-13,17H,2-6,11H2,1H3,(H,18,19). The highest BCUT2D eigenvalue weighted by atomic mass is 16.5. The van der Waals surface area contributed by atoms with Crippen molar-refractivity contribution in [3.05, 3.63) is 53.0 Å². The number of hydrogen-bond donors (Lipinski definition) is 1. The van der Waals surface area contributed by atoms with Gasteiger partial charge in [0.2, 0.25) is 0 Å². The number of nitroso groups, excluding NO2 is 1. The molecule has 2 aromatic rings. The number of rotatable bonds is 10. The molecule has 5 heteroatoms. The Kier molecular flexibility index (Phi) is 6.61. The highest BCUT2D eigenvalue weighted by Gasteiger charge is 2.11. The van der Waals surface area contributed by atoms with Gasteiger partial charge in [0, 0.05) is 11.9 Å². The number of hydrogen-bond acceptors (Lipinski definition) is 4. The topological polar surface area (TPSA) is 67.3 Å². The van der Waals surface area contributed by atoms with Crippen molar-refractivity contribution >= 4 is 0 Å². The van der Waals surface area contributed by atoms with E-state index in [9.17, 15) is 4.91 Å². The molecule has 0 bridgehead atoms. The largest absolute Gasteiger partial charge is 0.494 e. The number of imidazole rings is 1. The summed E-state index contributed by atoms with van der Waals surface area (Å²) >= 11 is 0. The maximum atomic E-state index is 10.9. The summed E-state index contributed by atoms with van der Waals surface area (Å²) in [6.07, 6.45) is 8.27. The summed E-state index contributed by atoms with van der Waals surface area (Å²) in [4.78, 5) is 18.0. The lowest BCUT2D eigenvalue weighted by molar-refractivity contribution is 0.310. The highest BCUT2D eigenvalue weighted by Crippen LogP contribution is 2.25. The van der Waals surface area contributed by atoms with Crippen LogP contribution < -0.4 is 4.74 Å². The minimum absolute atomic E-state index is 0.241. The van der Waals surface area contributed by atoms with E-state index in [1.165, 1.54) is 0 Å². The fraction of sp³-hybridized carbons (Fsp3) is 0.471. The van der Waals surface area contributed by atoms with Gasteiger partial charge in [-0.2, -0.15) is 4.91 Å². The molecular formula is C17H23N3O2. The number of nitrogens with zero attached hydrogens (tertiary/aromatic N) is 2. The minimum atomic E-state index is -0.241. The normalized spacial score (nSPS) is 12.0. The fourth-order valence-corrected chi connectivity index (χ4v) is 2.34. The van der Waals surface area contributed by atoms with Crippen molar-refractivity contribution in [1.82, 2.24) is 9.97 Å². The first-order valence-corrected chi connectivity index (χ1v) is 7.86. The fourth-order valence-electron chi connectivity index (χ4n) is 2.34. The maximum Gasteiger partial charge on any atom is 0.119 e. The van der Waals surface area contributed by atoms with Crippen molar-refractivity contribution in [2.24, 2.45) is 5.18 Å². The van der Waals surface area contributed by atoms with E-state index in [4.69, 9.17) is 4.74 Å². The molecule has 1 atom stereocenters. The van der Waals surface area contributed by atoms with E-state index in [0.717, 1.165) is 49.1 Å². The second-order valence-electron chi connectivity index (χ2n) is 5.36. The van der Waals surface area contributed by atoms with Crippen molar-refractivity contribution in [3.63, 3.8) is 0 Å². The molecule has 1 aromatic carbocycles. The Morgan fingerprint density at radius 1 is 1.27 bits per heavy atom. The van der Waals surface area contributed by atoms with Gasteiger partial charge >= 0.3 is 0 Å². The van der Waals surface area contributed by atoms with Crippen molar-refractivity contribution in [1.29, 1.82) is 0 Å². The van der Waals surface area contributed by atoms with Crippen molar-refractivity contribution in [3.8, 4) is 5.75 Å². The van der Waals surface area contributed by atoms with Crippen LogP contribution in [0.5, 0.6) is 5.75 Å². The van der Waals surface area contributed by atoms with Crippen LogP contribution in [0.15, 0.2) is 42.0 Å². The number of H-pyrrole nitrogens is 1. The quantitative estimate of drug-likeness (QED) is 0.522. The number of ether oxygens (including phenoxy) is 1. The lowest BCUT2D eigenvalue weighted by atomic mass is 10.0. The van der Waals surface area contributed by atoms with Gasteiger partial charge in [0.15, 0.2) is 0 Å². The van der Waals surface area contributed by atoms with Gasteiger partial charge in [-0.05, 0) is 37.0 Å². The Hall–Kier alpha value is -2.17. The number of benzene rings is 1. The van der Waals surface area contributed by atoms with Crippen LogP contribution in [0.1, 0.15) is 49.9 Å². The third-order valence-corrected chi connectivity index (χ3v) is 3.64. The van der Waals surface area contributed by atoms with Gasteiger partial charge in [-0.3, -0.25) is 0 Å². The molecule has 0 saturated heterocycles. The number of aromatic amines is 1. The SMILES string of the molecule is CCCCC(N=O)c1ccc(OCCCc2cnc[nH]2)cc1. The van der Waals surface area contributed by atoms with Crippen LogP contribution in [0.4, 0.5) is 0 Å². The molecule has 0 fully saturated rings. The van der Waals surface area contributed by atoms with E-state index < -0.39 is 0 Å². The zero-order chi connectivity index (χ0) is 15.6. The Balaban J connectivity index is 1.77. The molecule has 1 heterocycles. The molecule has 118 valence electrons. The first kappa shape index (κ1) is 16.2. The van der Waals surface area contributed by atoms with Crippen LogP contribution in [-0.4, -0.2) is 16.6 Å². The predicted molar refractivity (Wildman–Crippen MR) is 86.9 cm³/mol. The molecule has 0 saturated carbocycles. The first-order chi connectivity index (χ1) is 10.8. The monoisotopic (exact) mass is 301 g/mol. The second kappa shape index (κ2) is 8.97. The predicted octanol–water partition coefficient (Wildman–Crippen LogP) is 4.42. The molecule has 0 aliphatic heterocycles. The van der Waals surface area contributed by atoms with Gasteiger partial charge in [-0.25, -0.2) is 4.98 Å². The summed E-state index contributed by atoms with van der Waals surface area (Å²) in [5.41, 5.74) is 2.09. The van der Waals surface area contributed by atoms with Crippen molar-refractivity contribution in [2.45, 2.75) is 45.1 Å². The van der Waals surface area contributed by atoms with Crippen LogP contribution in [0.3, 0.4) is 0 Å². The molecule has 0 aliphatic rings. The number of aryl methyl sites for hydroxylation is 1. The van der Waals surface area contributed by atoms with Crippen LogP contribution in [-0.2, 0) is 6.42 Å². The first-order valence-electron chi connectivity index (χ1n) is 7.86. The van der Waals surface area contributed by atoms with Gasteiger partial charge in [0.1, 0.15) is 11.8 Å². The van der Waals surface area contributed by atoms with Crippen LogP contribution in [0.2, 0.25) is 0 Å². The molecule has 0 spiro atoms. The molecule has 2 rings (SSSR count). The number of nitrogens with one attached hydrogen (secondary N) is 1. The van der Waals surface area contributed by atoms with E-state index in [2.05, 4.69) is 22.1 Å². The van der Waals surface area contributed by atoms with E-state index in [-0.39, 0.29) is 6.04 Å². The van der Waals surface area contributed by atoms with Gasteiger partial charge in [0.05, 0.1) is 12.9 Å². The van der Waals surface area contributed by atoms with E-state index in [1.807, 2.05) is 30.5 Å². The third-order valence-electron chi connectivity index (χ3n) is 3.64. The minimum Gasteiger partial charge on any atom is -0.494 e. The molecule has 22 heavy (non-hydrogen) atoms. The lowest BCUT2D eigenvalue weighted by Crippen LogP contribution is -2.00. The van der Waals surface area contributed by atoms with Gasteiger partial charge in [-0.15, -0.1) is 0 Å². The smallest absolute Gasteiger partial charge is 0.119 e. The summed E-state index contributed by atoms with van der Waals surface area (Å²) in [5, 5.41) is 3.23. The van der Waals surface area contributed by atoms with Crippen molar-refractivity contribution in [2.75, 3.05) is 6.61 Å². The van der Waals surface area contributed by atoms with E-state index in [0.29, 0.717) is 6.61 Å². The van der Waals surface area contributed by atoms with Crippen molar-refractivity contribution < 1.29 is 4.74 Å². The highest BCUT2D eigenvalue weighted by molar-refractivity contribution is 5.29. The molecule has 5 nitrogen and oxygen atoms in total. The van der Waals surface area contributed by atoms with Gasteiger partial charge < -0.3 is 9.72 Å². The summed E-state index contributed by atoms with van der Waals surface area (Å²) < 4.78 is 5.71. The van der Waals surface area contributed by atoms with Crippen LogP contribution >= 0.6 is 0 Å². The molecule has 0 radical (unpaired) electrons. The summed E-state index contributed by atoms with van der Waals surface area (Å²) in [7, 11) is 0. The van der Waals surface area contributed by atoms with E-state index >= 15 is 0 Å². The molecule has 1 N–H and O–H groups in total. The van der Waals surface area contributed by atoms with Gasteiger partial charge in [0.25, 0.3) is 0 Å². The Morgan fingerprint density at radius 3 is 2.73 bits per heavy atom. The summed E-state index contributed by atoms with van der Waals surface area (Å²) in [6, 6.07) is 7.46. The zero-order valence-electron chi connectivity index (χ0n) is 13.0. The van der Waals surface area contributed by atoms with E-state index in [1.54, 1.807) is 6.33 Å². The lowest BCUT2D eigenvalue weighted by Gasteiger charge is -2.10. The third kappa shape index (κ3) is 4.98. The Morgan fingerprint density at radius 2 is 2.09 bits per heavy atom. The molecular weight excluding hydrogens is 278 g/mol. The number of unbranched alkanes of at least 4 members (excludes halogenated alkanes) is 1. The maximum absolute atomic E-state index is 10.9. The Bertz CT molecular complexity index is 538. The zero-order valence-corrected chi connectivity index (χ0v) is 13.0. The molecule has 0 aliphatic carbocycles.